The van der Waals surface area contributed by atoms with Crippen molar-refractivity contribution < 1.29 is 14.7 Å². The van der Waals surface area contributed by atoms with Crippen LogP contribution in [0, 0.1) is 5.41 Å². The van der Waals surface area contributed by atoms with Crippen molar-refractivity contribution in [1.82, 2.24) is 10.6 Å². The summed E-state index contributed by atoms with van der Waals surface area (Å²) in [6.07, 6.45) is 5.37. The van der Waals surface area contributed by atoms with Crippen LogP contribution >= 0.6 is 0 Å². The van der Waals surface area contributed by atoms with Crippen LogP contribution in [0.5, 0.6) is 0 Å². The van der Waals surface area contributed by atoms with Gasteiger partial charge in [-0.15, -0.1) is 0 Å². The van der Waals surface area contributed by atoms with Crippen molar-refractivity contribution in [1.29, 1.82) is 0 Å². The molecule has 2 aliphatic carbocycles. The zero-order valence-electron chi connectivity index (χ0n) is 11.1. The summed E-state index contributed by atoms with van der Waals surface area (Å²) < 4.78 is 0. The molecule has 0 heterocycles. The third kappa shape index (κ3) is 2.31. The van der Waals surface area contributed by atoms with Crippen LogP contribution in [-0.4, -0.2) is 28.7 Å². The highest BCUT2D eigenvalue weighted by atomic mass is 16.4. The normalized spacial score (nSPS) is 33.6. The Bertz CT molecular complexity index is 365. The molecule has 5 nitrogen and oxygen atoms in total. The van der Waals surface area contributed by atoms with E-state index in [1.165, 1.54) is 0 Å². The molecular weight excluding hydrogens is 232 g/mol. The van der Waals surface area contributed by atoms with Gasteiger partial charge in [-0.3, -0.25) is 4.79 Å². The van der Waals surface area contributed by atoms with Crippen LogP contribution in [-0.2, 0) is 4.79 Å². The Morgan fingerprint density at radius 1 is 1.17 bits per heavy atom. The van der Waals surface area contributed by atoms with E-state index in [9.17, 15) is 14.7 Å². The van der Waals surface area contributed by atoms with Crippen LogP contribution in [0.3, 0.4) is 0 Å². The van der Waals surface area contributed by atoms with Gasteiger partial charge in [0.15, 0.2) is 0 Å². The van der Waals surface area contributed by atoms with E-state index in [0.29, 0.717) is 6.42 Å². The molecule has 0 aromatic carbocycles. The van der Waals surface area contributed by atoms with E-state index in [1.807, 2.05) is 6.92 Å². The molecule has 0 aliphatic heterocycles. The molecular formula is C13H22N2O3. The summed E-state index contributed by atoms with van der Waals surface area (Å²) in [5.41, 5.74) is -0.916. The molecule has 2 amide bonds. The number of carboxylic acid groups (broad SMARTS) is 1. The Hall–Kier alpha value is -1.26. The number of urea groups is 1. The maximum absolute atomic E-state index is 11.9. The van der Waals surface area contributed by atoms with Crippen molar-refractivity contribution >= 4 is 12.0 Å². The Kier molecular flexibility index (Phi) is 3.25. The van der Waals surface area contributed by atoms with Gasteiger partial charge in [-0.05, 0) is 46.0 Å². The number of carbonyl (C=O) groups is 2. The largest absolute Gasteiger partial charge is 0.481 e. The van der Waals surface area contributed by atoms with Gasteiger partial charge in [0.1, 0.15) is 0 Å². The molecule has 0 bridgehead atoms. The van der Waals surface area contributed by atoms with Gasteiger partial charge in [-0.2, -0.15) is 0 Å². The van der Waals surface area contributed by atoms with Crippen molar-refractivity contribution in [2.24, 2.45) is 5.41 Å². The Labute approximate surface area is 107 Å². The molecule has 2 unspecified atom stereocenters. The molecule has 2 aliphatic rings. The van der Waals surface area contributed by atoms with Gasteiger partial charge >= 0.3 is 12.0 Å². The fraction of sp³-hybridized carbons (Fsp3) is 0.846. The van der Waals surface area contributed by atoms with E-state index >= 15 is 0 Å². The molecule has 2 rings (SSSR count). The monoisotopic (exact) mass is 254 g/mol. The zero-order chi connectivity index (χ0) is 13.4. The summed E-state index contributed by atoms with van der Waals surface area (Å²) in [7, 11) is 0. The van der Waals surface area contributed by atoms with Crippen LogP contribution in [0.1, 0.15) is 52.4 Å². The second kappa shape index (κ2) is 4.44. The summed E-state index contributed by atoms with van der Waals surface area (Å²) in [4.78, 5) is 23.2. The van der Waals surface area contributed by atoms with Gasteiger partial charge in [0, 0.05) is 11.6 Å². The molecule has 0 aromatic heterocycles. The summed E-state index contributed by atoms with van der Waals surface area (Å²) in [6.45, 7) is 3.75. The number of aliphatic carboxylic acids is 1. The van der Waals surface area contributed by atoms with Crippen LogP contribution in [0.4, 0.5) is 4.79 Å². The molecule has 0 spiro atoms. The van der Waals surface area contributed by atoms with E-state index < -0.39 is 11.4 Å². The highest BCUT2D eigenvalue weighted by Gasteiger charge is 2.46. The lowest BCUT2D eigenvalue weighted by Gasteiger charge is -2.39. The molecule has 0 aromatic rings. The summed E-state index contributed by atoms with van der Waals surface area (Å²) in [6, 6.07) is -0.491. The molecule has 0 saturated heterocycles. The van der Waals surface area contributed by atoms with Crippen LogP contribution in [0.2, 0.25) is 0 Å². The molecule has 18 heavy (non-hydrogen) atoms. The highest BCUT2D eigenvalue weighted by Crippen LogP contribution is 2.38. The van der Waals surface area contributed by atoms with Crippen LogP contribution < -0.4 is 10.6 Å². The number of carbonyl (C=O) groups excluding carboxylic acids is 1. The quantitative estimate of drug-likeness (QED) is 0.719. The molecule has 0 radical (unpaired) electrons. The van der Waals surface area contributed by atoms with E-state index in [4.69, 9.17) is 0 Å². The van der Waals surface area contributed by atoms with E-state index in [-0.39, 0.29) is 17.6 Å². The standard InChI is InChI=1S/C13H22N2O3/c1-12(6-4-7-12)15-11(18)14-9-5-3-8-13(9,2)10(16)17/h9H,3-8H2,1-2H3,(H,16,17)(H2,14,15,18). The zero-order valence-corrected chi connectivity index (χ0v) is 11.1. The van der Waals surface area contributed by atoms with Crippen molar-refractivity contribution in [3.05, 3.63) is 0 Å². The molecule has 2 atom stereocenters. The topological polar surface area (TPSA) is 78.4 Å². The highest BCUT2D eigenvalue weighted by molar-refractivity contribution is 5.79. The number of nitrogens with one attached hydrogen (secondary N) is 2. The lowest BCUT2D eigenvalue weighted by atomic mass is 9.78. The maximum atomic E-state index is 11.9. The van der Waals surface area contributed by atoms with Crippen molar-refractivity contribution in [3.8, 4) is 0 Å². The molecule has 102 valence electrons. The number of amides is 2. The fourth-order valence-corrected chi connectivity index (χ4v) is 2.95. The van der Waals surface area contributed by atoms with E-state index in [2.05, 4.69) is 10.6 Å². The molecule has 2 fully saturated rings. The van der Waals surface area contributed by atoms with Crippen molar-refractivity contribution in [3.63, 3.8) is 0 Å². The minimum Gasteiger partial charge on any atom is -0.481 e. The van der Waals surface area contributed by atoms with Gasteiger partial charge in [-0.1, -0.05) is 6.42 Å². The average molecular weight is 254 g/mol. The first-order valence-electron chi connectivity index (χ1n) is 6.68. The SMILES string of the molecule is CC1(NC(=O)NC2CCCC2(C)C(=O)O)CCC1. The number of rotatable bonds is 3. The summed E-state index contributed by atoms with van der Waals surface area (Å²) >= 11 is 0. The minimum absolute atomic E-state index is 0.0949. The minimum atomic E-state index is -0.822. The first kappa shape index (κ1) is 13.2. The summed E-state index contributed by atoms with van der Waals surface area (Å²) in [5.74, 6) is -0.819. The third-order valence-corrected chi connectivity index (χ3v) is 4.62. The Balaban J connectivity index is 1.92. The van der Waals surface area contributed by atoms with Crippen LogP contribution in [0.15, 0.2) is 0 Å². The van der Waals surface area contributed by atoms with Gasteiger partial charge in [0.05, 0.1) is 5.41 Å². The first-order valence-corrected chi connectivity index (χ1v) is 6.68. The number of hydrogen-bond donors (Lipinski definition) is 3. The van der Waals surface area contributed by atoms with Gasteiger partial charge in [0.2, 0.25) is 0 Å². The lowest BCUT2D eigenvalue weighted by Crippen LogP contribution is -2.57. The second-order valence-corrected chi connectivity index (χ2v) is 6.18. The van der Waals surface area contributed by atoms with Crippen LogP contribution in [0.25, 0.3) is 0 Å². The van der Waals surface area contributed by atoms with E-state index in [0.717, 1.165) is 32.1 Å². The number of hydrogen-bond acceptors (Lipinski definition) is 2. The Morgan fingerprint density at radius 2 is 1.83 bits per heavy atom. The number of carboxylic acids is 1. The Morgan fingerprint density at radius 3 is 2.33 bits per heavy atom. The lowest BCUT2D eigenvalue weighted by molar-refractivity contribution is -0.148. The first-order chi connectivity index (χ1) is 8.36. The maximum Gasteiger partial charge on any atom is 0.315 e. The predicted octanol–water partition coefficient (Wildman–Crippen LogP) is 1.87. The molecule has 2 saturated carbocycles. The van der Waals surface area contributed by atoms with E-state index in [1.54, 1.807) is 6.92 Å². The summed E-state index contributed by atoms with van der Waals surface area (Å²) in [5, 5.41) is 15.1. The molecule has 3 N–H and O–H groups in total. The smallest absolute Gasteiger partial charge is 0.315 e. The molecule has 5 heteroatoms. The second-order valence-electron chi connectivity index (χ2n) is 6.18. The predicted molar refractivity (Wildman–Crippen MR) is 67.3 cm³/mol. The van der Waals surface area contributed by atoms with Crippen molar-refractivity contribution in [2.45, 2.75) is 64.0 Å². The van der Waals surface area contributed by atoms with Gasteiger partial charge in [0.25, 0.3) is 0 Å². The fourth-order valence-electron chi connectivity index (χ4n) is 2.95. The van der Waals surface area contributed by atoms with Gasteiger partial charge in [-0.25, -0.2) is 4.79 Å². The third-order valence-electron chi connectivity index (χ3n) is 4.62. The van der Waals surface area contributed by atoms with Gasteiger partial charge < -0.3 is 15.7 Å². The van der Waals surface area contributed by atoms with Crippen molar-refractivity contribution in [2.75, 3.05) is 0 Å². The average Bonchev–Trinajstić information content (AvgIpc) is 2.59.